The molecule has 40 heavy (non-hydrogen) atoms. The second-order valence-corrected chi connectivity index (χ2v) is 9.80. The molecule has 4 rings (SSSR count). The van der Waals surface area contributed by atoms with E-state index in [2.05, 4.69) is 0 Å². The Morgan fingerprint density at radius 1 is 0.550 bits per heavy atom. The molecule has 0 aromatic heterocycles. The zero-order valence-electron chi connectivity index (χ0n) is 23.5. The van der Waals surface area contributed by atoms with Crippen molar-refractivity contribution >= 4 is 23.2 Å². The van der Waals surface area contributed by atoms with Gasteiger partial charge in [-0.2, -0.15) is 0 Å². The van der Waals surface area contributed by atoms with E-state index >= 15 is 0 Å². The number of ether oxygens (including phenoxy) is 2. The molecular weight excluding hydrogens is 500 g/mol. The SMILES string of the molecule is Cc1ccc(OC(C)C(=O)N(CCN(C(=O)C(C)Oc2ccc(C)cc2)c2ccccc2)c2ccccc2)cc1. The van der Waals surface area contributed by atoms with Crippen LogP contribution in [0.4, 0.5) is 11.4 Å². The van der Waals surface area contributed by atoms with E-state index in [0.29, 0.717) is 11.5 Å². The van der Waals surface area contributed by atoms with Crippen molar-refractivity contribution in [2.24, 2.45) is 0 Å². The van der Waals surface area contributed by atoms with Crippen LogP contribution in [0.1, 0.15) is 25.0 Å². The highest BCUT2D eigenvalue weighted by Crippen LogP contribution is 2.22. The summed E-state index contributed by atoms with van der Waals surface area (Å²) < 4.78 is 12.0. The van der Waals surface area contributed by atoms with Crippen molar-refractivity contribution in [3.63, 3.8) is 0 Å². The Hall–Kier alpha value is -4.58. The summed E-state index contributed by atoms with van der Waals surface area (Å²) in [5.74, 6) is 0.859. The first-order valence-electron chi connectivity index (χ1n) is 13.5. The highest BCUT2D eigenvalue weighted by molar-refractivity contribution is 5.98. The number of carbonyl (C=O) groups excluding carboxylic acids is 2. The number of hydrogen-bond acceptors (Lipinski definition) is 4. The van der Waals surface area contributed by atoms with Crippen molar-refractivity contribution in [3.8, 4) is 11.5 Å². The molecule has 6 heteroatoms. The first-order chi connectivity index (χ1) is 19.3. The lowest BCUT2D eigenvalue weighted by Gasteiger charge is -2.31. The van der Waals surface area contributed by atoms with Gasteiger partial charge in [-0.1, -0.05) is 71.8 Å². The number of aryl methyl sites for hydroxylation is 2. The van der Waals surface area contributed by atoms with Crippen molar-refractivity contribution in [3.05, 3.63) is 120 Å². The van der Waals surface area contributed by atoms with E-state index < -0.39 is 12.2 Å². The van der Waals surface area contributed by atoms with Gasteiger partial charge in [0.2, 0.25) is 0 Å². The third-order valence-corrected chi connectivity index (χ3v) is 6.58. The van der Waals surface area contributed by atoms with E-state index in [1.807, 2.05) is 123 Å². The number of para-hydroxylation sites is 2. The molecule has 6 nitrogen and oxygen atoms in total. The molecular formula is C34H36N2O4. The van der Waals surface area contributed by atoms with Crippen LogP contribution in [-0.2, 0) is 9.59 Å². The molecule has 0 aliphatic heterocycles. The van der Waals surface area contributed by atoms with Crippen LogP contribution < -0.4 is 19.3 Å². The van der Waals surface area contributed by atoms with Crippen molar-refractivity contribution in [2.45, 2.75) is 39.9 Å². The van der Waals surface area contributed by atoms with Crippen LogP contribution >= 0.6 is 0 Å². The summed E-state index contributed by atoms with van der Waals surface area (Å²) in [6, 6.07) is 34.1. The molecule has 0 radical (unpaired) electrons. The summed E-state index contributed by atoms with van der Waals surface area (Å²) in [5.41, 5.74) is 3.69. The standard InChI is InChI=1S/C34H36N2O4/c1-25-15-19-31(20-16-25)39-27(3)33(37)35(29-11-7-5-8-12-29)23-24-36(30-13-9-6-10-14-30)34(38)28(4)40-32-21-17-26(2)18-22-32/h5-22,27-28H,23-24H2,1-4H3. The van der Waals surface area contributed by atoms with Gasteiger partial charge < -0.3 is 19.3 Å². The fourth-order valence-corrected chi connectivity index (χ4v) is 4.33. The molecule has 2 atom stereocenters. The van der Waals surface area contributed by atoms with Crippen LogP contribution in [0, 0.1) is 13.8 Å². The summed E-state index contributed by atoms with van der Waals surface area (Å²) >= 11 is 0. The van der Waals surface area contributed by atoms with Gasteiger partial charge in [0.15, 0.2) is 12.2 Å². The lowest BCUT2D eigenvalue weighted by atomic mass is 10.2. The highest BCUT2D eigenvalue weighted by atomic mass is 16.5. The molecule has 0 bridgehead atoms. The Morgan fingerprint density at radius 3 is 1.20 bits per heavy atom. The Labute approximate surface area is 236 Å². The van der Waals surface area contributed by atoms with Crippen LogP contribution in [0.2, 0.25) is 0 Å². The fraction of sp³-hybridized carbons (Fsp3) is 0.235. The molecule has 4 aromatic rings. The number of nitrogens with zero attached hydrogens (tertiary/aromatic N) is 2. The Morgan fingerprint density at radius 2 is 0.875 bits per heavy atom. The second kappa shape index (κ2) is 13.5. The van der Waals surface area contributed by atoms with Gasteiger partial charge in [-0.05, 0) is 76.2 Å². The first kappa shape index (κ1) is 28.4. The van der Waals surface area contributed by atoms with Crippen LogP contribution in [0.25, 0.3) is 0 Å². The van der Waals surface area contributed by atoms with Gasteiger partial charge in [0, 0.05) is 24.5 Å². The number of rotatable bonds is 11. The molecule has 206 valence electrons. The van der Waals surface area contributed by atoms with E-state index in [4.69, 9.17) is 9.47 Å². The number of anilines is 2. The van der Waals surface area contributed by atoms with E-state index in [-0.39, 0.29) is 24.9 Å². The molecule has 4 aromatic carbocycles. The molecule has 2 unspecified atom stereocenters. The average molecular weight is 537 g/mol. The van der Waals surface area contributed by atoms with E-state index in [0.717, 1.165) is 22.5 Å². The summed E-state index contributed by atoms with van der Waals surface area (Å²) in [7, 11) is 0. The quantitative estimate of drug-likeness (QED) is 0.217. The predicted octanol–water partition coefficient (Wildman–Crippen LogP) is 6.60. The van der Waals surface area contributed by atoms with Crippen molar-refractivity contribution in [1.82, 2.24) is 0 Å². The molecule has 0 aliphatic rings. The minimum atomic E-state index is -0.729. The first-order valence-corrected chi connectivity index (χ1v) is 13.5. The maximum Gasteiger partial charge on any atom is 0.267 e. The number of hydrogen-bond donors (Lipinski definition) is 0. The number of carbonyl (C=O) groups is 2. The Bertz CT molecular complexity index is 1260. The monoisotopic (exact) mass is 536 g/mol. The molecule has 2 amide bonds. The van der Waals surface area contributed by atoms with Crippen molar-refractivity contribution < 1.29 is 19.1 Å². The van der Waals surface area contributed by atoms with Crippen molar-refractivity contribution in [2.75, 3.05) is 22.9 Å². The van der Waals surface area contributed by atoms with Gasteiger partial charge in [0.25, 0.3) is 11.8 Å². The van der Waals surface area contributed by atoms with Crippen LogP contribution in [0.15, 0.2) is 109 Å². The van der Waals surface area contributed by atoms with Gasteiger partial charge in [-0.25, -0.2) is 0 Å². The molecule has 0 spiro atoms. The molecule has 0 saturated heterocycles. The summed E-state index contributed by atoms with van der Waals surface area (Å²) in [5, 5.41) is 0. The smallest absolute Gasteiger partial charge is 0.267 e. The molecule has 0 heterocycles. The lowest BCUT2D eigenvalue weighted by molar-refractivity contribution is -0.126. The van der Waals surface area contributed by atoms with Gasteiger partial charge in [0.1, 0.15) is 11.5 Å². The summed E-state index contributed by atoms with van der Waals surface area (Å²) in [6.07, 6.45) is -1.46. The molecule has 0 saturated carbocycles. The normalized spacial score (nSPS) is 12.2. The lowest BCUT2D eigenvalue weighted by Crippen LogP contribution is -2.48. The second-order valence-electron chi connectivity index (χ2n) is 9.80. The highest BCUT2D eigenvalue weighted by Gasteiger charge is 2.28. The molecule has 0 fully saturated rings. The zero-order valence-corrected chi connectivity index (χ0v) is 23.5. The maximum atomic E-state index is 13.7. The minimum absolute atomic E-state index is 0.198. The number of amides is 2. The minimum Gasteiger partial charge on any atom is -0.481 e. The Balaban J connectivity index is 1.54. The number of benzene rings is 4. The summed E-state index contributed by atoms with van der Waals surface area (Å²) in [4.78, 5) is 30.8. The topological polar surface area (TPSA) is 59.1 Å². The predicted molar refractivity (Wildman–Crippen MR) is 160 cm³/mol. The van der Waals surface area contributed by atoms with Crippen LogP contribution in [0.3, 0.4) is 0 Å². The summed E-state index contributed by atoms with van der Waals surface area (Å²) in [6.45, 7) is 8.03. The fourth-order valence-electron chi connectivity index (χ4n) is 4.33. The van der Waals surface area contributed by atoms with Crippen LogP contribution in [-0.4, -0.2) is 37.1 Å². The van der Waals surface area contributed by atoms with E-state index in [9.17, 15) is 9.59 Å². The van der Waals surface area contributed by atoms with Gasteiger partial charge in [0.05, 0.1) is 0 Å². The Kier molecular flexibility index (Phi) is 9.57. The van der Waals surface area contributed by atoms with Crippen LogP contribution in [0.5, 0.6) is 11.5 Å². The third kappa shape index (κ3) is 7.50. The van der Waals surface area contributed by atoms with Gasteiger partial charge in [-0.15, -0.1) is 0 Å². The van der Waals surface area contributed by atoms with Crippen molar-refractivity contribution in [1.29, 1.82) is 0 Å². The van der Waals surface area contributed by atoms with E-state index in [1.54, 1.807) is 23.6 Å². The molecule has 0 aliphatic carbocycles. The van der Waals surface area contributed by atoms with Gasteiger partial charge >= 0.3 is 0 Å². The third-order valence-electron chi connectivity index (χ3n) is 6.58. The van der Waals surface area contributed by atoms with Gasteiger partial charge in [-0.3, -0.25) is 9.59 Å². The average Bonchev–Trinajstić information content (AvgIpc) is 2.98. The zero-order chi connectivity index (χ0) is 28.5. The molecule has 0 N–H and O–H groups in total. The maximum absolute atomic E-state index is 13.7. The largest absolute Gasteiger partial charge is 0.481 e. The van der Waals surface area contributed by atoms with E-state index in [1.165, 1.54) is 0 Å².